The van der Waals surface area contributed by atoms with Crippen LogP contribution in [0.5, 0.6) is 0 Å². The van der Waals surface area contributed by atoms with E-state index in [-0.39, 0.29) is 23.7 Å². The number of nitrogens with zero attached hydrogens (tertiary/aromatic N) is 6. The van der Waals surface area contributed by atoms with Gasteiger partial charge < -0.3 is 29.7 Å². The third-order valence-corrected chi connectivity index (χ3v) is 31.2. The molecule has 0 spiro atoms. The summed E-state index contributed by atoms with van der Waals surface area (Å²) < 4.78 is 0. The van der Waals surface area contributed by atoms with Crippen molar-refractivity contribution in [2.45, 2.75) is 391 Å². The van der Waals surface area contributed by atoms with Gasteiger partial charge >= 0.3 is 0 Å². The standard InChI is InChI=1S/C122H160N10O2S2/c1-13-25-35-43-53-87-77-107-109-79-89(55-45-37-27-15-3)101(125-109)71-73-105-95(59-49-41-31-19-7)97(117(129-105)111-81-91(57-47-39-29-17-5)103(127-111)69-67-99(87)123-107)65-61-93-63-75-113(135-93)119-115-116(122(134)131(119)83-85(23-11)51-33-21-9)120(132(121(115)133)84-86(24-12)52-34-22-10)114-76-64-94(136-114)62-66-98-96(60-50-42-32-20-8)106-74-72-102-90(56-46-38-28-16-4)80-110(126-102)108-78-88(54-44-36-26-14-2)100(124-108)68-70-104-92(58-48-40-30-18-6)82-112(128-104)118(98)130-106/h63-64,67-82,85-86,123-125,128H,13-60,83-84H2,1-12H3. The molecule has 0 saturated heterocycles. The molecule has 2 amide bonds. The predicted octanol–water partition coefficient (Wildman–Crippen LogP) is 33.8. The number of thiophene rings is 1. The maximum absolute atomic E-state index is 16.6. The molecule has 136 heavy (non-hydrogen) atoms. The molecule has 7 aliphatic rings. The highest BCUT2D eigenvalue weighted by atomic mass is 32.1. The van der Waals surface area contributed by atoms with Crippen molar-refractivity contribution < 1.29 is 9.59 Å². The summed E-state index contributed by atoms with van der Waals surface area (Å²) in [5.74, 6) is 15.7. The largest absolute Gasteiger partial charge is 0.354 e. The average Bonchev–Trinajstić information content (AvgIpc) is 1.55. The smallest absolute Gasteiger partial charge is 0.261 e. The van der Waals surface area contributed by atoms with Crippen LogP contribution in [-0.4, -0.2) is 84.3 Å². The Morgan fingerprint density at radius 3 is 1.19 bits per heavy atom. The summed E-state index contributed by atoms with van der Waals surface area (Å²) in [5, 5.41) is 0. The summed E-state index contributed by atoms with van der Waals surface area (Å²) in [6.45, 7) is 28.4. The van der Waals surface area contributed by atoms with Crippen molar-refractivity contribution in [2.24, 2.45) is 11.8 Å². The molecule has 2 atom stereocenters. The fraction of sp³-hybridized carbons (Fsp3) is 0.525. The molecule has 7 aliphatic heterocycles. The summed E-state index contributed by atoms with van der Waals surface area (Å²) in [4.78, 5) is 79.2. The van der Waals surface area contributed by atoms with E-state index in [4.69, 9.17) is 19.9 Å². The van der Waals surface area contributed by atoms with Crippen molar-refractivity contribution in [3.05, 3.63) is 191 Å². The van der Waals surface area contributed by atoms with Crippen molar-refractivity contribution in [1.29, 1.82) is 0 Å². The molecule has 7 aromatic heterocycles. The number of allylic oxidation sites excluding steroid dienone is 8. The van der Waals surface area contributed by atoms with E-state index in [0.29, 0.717) is 24.2 Å². The molecule has 0 aliphatic carbocycles. The number of carbonyl (C=O) groups excluding carboxylic acids is 2. The van der Waals surface area contributed by atoms with Gasteiger partial charge in [0.25, 0.3) is 11.8 Å². The fourth-order valence-electron chi connectivity index (χ4n) is 20.9. The molecule has 16 bridgehead atoms. The summed E-state index contributed by atoms with van der Waals surface area (Å²) >= 11 is 1.60. The van der Waals surface area contributed by atoms with Gasteiger partial charge in [-0.3, -0.25) is 9.59 Å². The van der Waals surface area contributed by atoms with E-state index in [1.54, 1.807) is 22.3 Å². The van der Waals surface area contributed by atoms with E-state index in [2.05, 4.69) is 236 Å². The second-order valence-corrected chi connectivity index (χ2v) is 41.9. The first kappa shape index (κ1) is 102. The van der Waals surface area contributed by atoms with E-state index >= 15 is 9.59 Å². The van der Waals surface area contributed by atoms with Gasteiger partial charge in [-0.1, -0.05) is 299 Å². The molecule has 14 rings (SSSR count). The third kappa shape index (κ3) is 25.8. The molecular weight excluding hydrogens is 1700 g/mol. The van der Waals surface area contributed by atoms with Crippen LogP contribution in [-0.2, 0) is 35.3 Å². The third-order valence-electron chi connectivity index (χ3n) is 29.2. The van der Waals surface area contributed by atoms with Crippen LogP contribution in [0, 0.1) is 35.5 Å². The zero-order valence-electron chi connectivity index (χ0n) is 85.2. The number of unbranched alkanes of at least 4 members (excludes halogenated alkanes) is 26. The fourth-order valence-corrected chi connectivity index (χ4v) is 22.7. The maximum atomic E-state index is 16.6. The lowest BCUT2D eigenvalue weighted by molar-refractivity contribution is -0.124. The number of aryl methyl sites for hydroxylation is 4. The van der Waals surface area contributed by atoms with Crippen molar-refractivity contribution in [3.8, 4) is 23.7 Å². The number of aromatic amines is 4. The highest BCUT2D eigenvalue weighted by Gasteiger charge is 2.50. The molecule has 14 heteroatoms. The molecule has 722 valence electrons. The number of nitrogens with one attached hydrogen (secondary N) is 4. The Morgan fingerprint density at radius 2 is 0.706 bits per heavy atom. The lowest BCUT2D eigenvalue weighted by Crippen LogP contribution is -2.36. The number of carbonyl (C=O) groups is 2. The molecule has 0 saturated carbocycles. The SMILES string of the molecule is CCCCCCC1=Cc2nc1ccc1[nH]c(cc1CCCCCC)c1cc(CCCCCC)c(ccc3nc2C(C#Cc2ccc(C4=C5C(=O)N(CC(CC)CCCC)C(C6=S=C(C#CC7=C(CCCCCC)c8ccc9nc(c%10cc(CCCCCC)c(ccc%11[nH]c(cc%11CCCCCC)c7n8)[nH]%10)C=C9CCCCCC)C=C6)=C5C(=O)N4CC(CC)CCCC)s2)=C3CCCCCC)[nH]1. The Balaban J connectivity index is 0.930. The monoisotopic (exact) mass is 1860 g/mol. The van der Waals surface area contributed by atoms with Crippen molar-refractivity contribution in [3.63, 3.8) is 0 Å². The van der Waals surface area contributed by atoms with E-state index in [9.17, 15) is 0 Å². The average molecular weight is 1860 g/mol. The number of H-pyrrole nitrogens is 4. The van der Waals surface area contributed by atoms with Gasteiger partial charge in [0.1, 0.15) is 11.4 Å². The van der Waals surface area contributed by atoms with Crippen molar-refractivity contribution in [2.75, 3.05) is 13.1 Å². The summed E-state index contributed by atoms with van der Waals surface area (Å²) in [7, 11) is 1.60. The second-order valence-electron chi connectivity index (χ2n) is 39.7. The molecule has 0 fully saturated rings. The van der Waals surface area contributed by atoms with Gasteiger partial charge in [-0.2, -0.15) is 0 Å². The Hall–Kier alpha value is -9.86. The van der Waals surface area contributed by atoms with Crippen LogP contribution < -0.4 is 0 Å². The molecule has 0 radical (unpaired) electrons. The van der Waals surface area contributed by atoms with Gasteiger partial charge in [0.15, 0.2) is 0 Å². The number of rotatable bonds is 54. The Kier molecular flexibility index (Phi) is 39.2. The second kappa shape index (κ2) is 52.2. The lowest BCUT2D eigenvalue weighted by atomic mass is 9.97. The highest BCUT2D eigenvalue weighted by molar-refractivity contribution is 8.00. The van der Waals surface area contributed by atoms with Crippen LogP contribution in [0.25, 0.3) is 95.4 Å². The quantitative estimate of drug-likeness (QED) is 0.0169. The molecule has 14 heterocycles. The minimum atomic E-state index is -0.0952. The molecule has 12 nitrogen and oxygen atoms in total. The number of fused-ring (bicyclic) bond motifs is 21. The van der Waals surface area contributed by atoms with Crippen LogP contribution in [0.2, 0.25) is 0 Å². The Morgan fingerprint density at radius 1 is 0.331 bits per heavy atom. The van der Waals surface area contributed by atoms with Gasteiger partial charge in [0, 0.05) is 35.2 Å². The van der Waals surface area contributed by atoms with E-state index in [1.807, 2.05) is 9.80 Å². The summed E-state index contributed by atoms with van der Waals surface area (Å²) in [5.41, 5.74) is 30.8. The Bertz CT molecular complexity index is 6150. The van der Waals surface area contributed by atoms with Crippen LogP contribution in [0.1, 0.15) is 443 Å². The molecule has 2 unspecified atom stereocenters. The number of hydrogen-bond acceptors (Lipinski definition) is 7. The molecule has 4 N–H and O–H groups in total. The first-order valence-electron chi connectivity index (χ1n) is 54.5. The van der Waals surface area contributed by atoms with Gasteiger partial charge in [0.2, 0.25) is 0 Å². The summed E-state index contributed by atoms with van der Waals surface area (Å²) in [6.07, 6.45) is 61.8. The van der Waals surface area contributed by atoms with Crippen molar-refractivity contribution >= 4 is 139 Å². The number of amides is 2. The molecule has 0 aromatic carbocycles. The predicted molar refractivity (Wildman–Crippen MR) is 587 cm³/mol. The zero-order chi connectivity index (χ0) is 95.1. The van der Waals surface area contributed by atoms with Gasteiger partial charge in [-0.25, -0.2) is 19.9 Å². The zero-order valence-corrected chi connectivity index (χ0v) is 86.9. The van der Waals surface area contributed by atoms with E-state index in [1.165, 1.54) is 155 Å². The molecule has 7 aromatic rings. The van der Waals surface area contributed by atoms with Crippen LogP contribution in [0.15, 0.2) is 114 Å². The number of aromatic nitrogens is 8. The van der Waals surface area contributed by atoms with Gasteiger partial charge in [-0.15, -0.1) is 22.3 Å². The minimum Gasteiger partial charge on any atom is -0.354 e. The number of hydrogen-bond donors (Lipinski definition) is 4. The van der Waals surface area contributed by atoms with Crippen molar-refractivity contribution in [1.82, 2.24) is 49.7 Å². The maximum Gasteiger partial charge on any atom is 0.261 e. The van der Waals surface area contributed by atoms with Crippen LogP contribution >= 0.6 is 22.3 Å². The summed E-state index contributed by atoms with van der Waals surface area (Å²) in [6, 6.07) is 32.2. The van der Waals surface area contributed by atoms with Crippen LogP contribution in [0.3, 0.4) is 0 Å². The Labute approximate surface area is 824 Å². The van der Waals surface area contributed by atoms with Crippen LogP contribution in [0.4, 0.5) is 0 Å². The van der Waals surface area contributed by atoms with E-state index < -0.39 is 0 Å². The van der Waals surface area contributed by atoms with E-state index in [0.717, 1.165) is 330 Å². The topological polar surface area (TPSA) is 155 Å². The highest BCUT2D eigenvalue weighted by Crippen LogP contribution is 2.49. The lowest BCUT2D eigenvalue weighted by Gasteiger charge is -2.29. The van der Waals surface area contributed by atoms with Gasteiger partial charge in [0.05, 0.1) is 109 Å². The first-order chi connectivity index (χ1) is 66.8. The minimum absolute atomic E-state index is 0.0952. The first-order valence-corrected chi connectivity index (χ1v) is 56.1. The molecular formula is C122H160N10O2S2. The van der Waals surface area contributed by atoms with Gasteiger partial charge in [-0.05, 0) is 281 Å². The normalized spacial score (nSPS) is 14.7.